The molecular weight excluding hydrogens is 290 g/mol. The number of rotatable bonds is 2. The van der Waals surface area contributed by atoms with Gasteiger partial charge in [0.05, 0.1) is 35.1 Å². The number of aromatic amines is 1. The molecule has 0 unspecified atom stereocenters. The number of nitrogens with one attached hydrogen (secondary N) is 2. The molecule has 0 spiro atoms. The summed E-state index contributed by atoms with van der Waals surface area (Å²) in [5, 5.41) is 3.82. The fraction of sp³-hybridized carbons (Fsp3) is 0.111. The monoisotopic (exact) mass is 305 g/mol. The molecule has 0 saturated heterocycles. The van der Waals surface area contributed by atoms with Gasteiger partial charge in [0, 0.05) is 5.56 Å². The molecule has 5 heteroatoms. The van der Waals surface area contributed by atoms with E-state index in [2.05, 4.69) is 15.3 Å². The molecule has 2 N–H and O–H groups in total. The molecule has 5 nitrogen and oxygen atoms in total. The van der Waals surface area contributed by atoms with E-state index in [4.69, 9.17) is 4.74 Å². The van der Waals surface area contributed by atoms with Crippen LogP contribution in [0.15, 0.2) is 53.5 Å². The Kier molecular flexibility index (Phi) is 3.12. The third-order valence-electron chi connectivity index (χ3n) is 3.94. The Balaban J connectivity index is 2.02. The van der Waals surface area contributed by atoms with Crippen molar-refractivity contribution < 1.29 is 9.53 Å². The van der Waals surface area contributed by atoms with E-state index in [1.165, 1.54) is 0 Å². The highest BCUT2D eigenvalue weighted by Gasteiger charge is 2.24. The number of aromatic nitrogens is 1. The zero-order valence-electron chi connectivity index (χ0n) is 12.6. The van der Waals surface area contributed by atoms with Crippen molar-refractivity contribution in [1.29, 1.82) is 0 Å². The van der Waals surface area contributed by atoms with Crippen molar-refractivity contribution in [2.75, 3.05) is 19.0 Å². The molecule has 0 atom stereocenters. The smallest absolute Gasteiger partial charge is 0.246 e. The zero-order valence-corrected chi connectivity index (χ0v) is 12.6. The van der Waals surface area contributed by atoms with Crippen LogP contribution in [0.5, 0.6) is 5.75 Å². The van der Waals surface area contributed by atoms with Crippen LogP contribution in [0, 0.1) is 0 Å². The summed E-state index contributed by atoms with van der Waals surface area (Å²) in [4.78, 5) is 20.0. The van der Waals surface area contributed by atoms with Crippen LogP contribution in [0.2, 0.25) is 0 Å². The van der Waals surface area contributed by atoms with Crippen molar-refractivity contribution in [2.45, 2.75) is 0 Å². The SMILES string of the molecule is COc1cccc2[nH]c3c(c12)NC(=O)CN=C3c1ccccc1. The van der Waals surface area contributed by atoms with Crippen LogP contribution in [0.4, 0.5) is 5.69 Å². The summed E-state index contributed by atoms with van der Waals surface area (Å²) < 4.78 is 5.46. The minimum absolute atomic E-state index is 0.101. The average Bonchev–Trinajstić information content (AvgIpc) is 2.86. The van der Waals surface area contributed by atoms with E-state index in [0.717, 1.165) is 39.3 Å². The number of hydrogen-bond donors (Lipinski definition) is 2. The number of methoxy groups -OCH3 is 1. The summed E-state index contributed by atoms with van der Waals surface area (Å²) in [5.74, 6) is 0.582. The predicted molar refractivity (Wildman–Crippen MR) is 90.4 cm³/mol. The number of carbonyl (C=O) groups is 1. The summed E-state index contributed by atoms with van der Waals surface area (Å²) in [6.07, 6.45) is 0. The quantitative estimate of drug-likeness (QED) is 0.764. The predicted octanol–water partition coefficient (Wildman–Crippen LogP) is 2.97. The van der Waals surface area contributed by atoms with Gasteiger partial charge in [-0.1, -0.05) is 36.4 Å². The molecule has 1 amide bonds. The van der Waals surface area contributed by atoms with Gasteiger partial charge < -0.3 is 15.0 Å². The van der Waals surface area contributed by atoms with Crippen molar-refractivity contribution in [3.05, 3.63) is 59.8 Å². The van der Waals surface area contributed by atoms with Gasteiger partial charge in [-0.2, -0.15) is 0 Å². The van der Waals surface area contributed by atoms with Gasteiger partial charge in [-0.05, 0) is 12.1 Å². The lowest BCUT2D eigenvalue weighted by atomic mass is 10.1. The van der Waals surface area contributed by atoms with E-state index < -0.39 is 0 Å². The summed E-state index contributed by atoms with van der Waals surface area (Å²) in [6.45, 7) is 0.101. The Morgan fingerprint density at radius 1 is 1.09 bits per heavy atom. The molecule has 0 saturated carbocycles. The Morgan fingerprint density at radius 3 is 2.70 bits per heavy atom. The maximum absolute atomic E-state index is 12.1. The van der Waals surface area contributed by atoms with E-state index >= 15 is 0 Å². The van der Waals surface area contributed by atoms with Gasteiger partial charge in [-0.3, -0.25) is 9.79 Å². The van der Waals surface area contributed by atoms with E-state index in [1.807, 2.05) is 48.5 Å². The third-order valence-corrected chi connectivity index (χ3v) is 3.94. The number of amides is 1. The fourth-order valence-electron chi connectivity index (χ4n) is 2.93. The number of anilines is 1. The number of fused-ring (bicyclic) bond motifs is 3. The normalized spacial score (nSPS) is 14.0. The van der Waals surface area contributed by atoms with Gasteiger partial charge >= 0.3 is 0 Å². The van der Waals surface area contributed by atoms with Gasteiger partial charge in [0.2, 0.25) is 5.91 Å². The summed E-state index contributed by atoms with van der Waals surface area (Å²) in [7, 11) is 1.62. The minimum atomic E-state index is -0.135. The number of carbonyl (C=O) groups excluding carboxylic acids is 1. The van der Waals surface area contributed by atoms with Crippen LogP contribution in [0.1, 0.15) is 11.3 Å². The molecule has 1 aliphatic heterocycles. The van der Waals surface area contributed by atoms with Gasteiger partial charge in [-0.25, -0.2) is 0 Å². The first-order chi connectivity index (χ1) is 11.3. The van der Waals surface area contributed by atoms with Crippen molar-refractivity contribution in [3.63, 3.8) is 0 Å². The van der Waals surface area contributed by atoms with Crippen LogP contribution < -0.4 is 10.1 Å². The number of ether oxygens (including phenoxy) is 1. The van der Waals surface area contributed by atoms with Crippen molar-refractivity contribution in [2.24, 2.45) is 4.99 Å². The van der Waals surface area contributed by atoms with Gasteiger partial charge in [0.15, 0.2) is 0 Å². The summed E-state index contributed by atoms with van der Waals surface area (Å²) in [6, 6.07) is 15.6. The van der Waals surface area contributed by atoms with Crippen LogP contribution >= 0.6 is 0 Å². The molecule has 0 aliphatic carbocycles. The van der Waals surface area contributed by atoms with Gasteiger partial charge in [0.1, 0.15) is 12.3 Å². The molecule has 1 aromatic heterocycles. The van der Waals surface area contributed by atoms with E-state index in [0.29, 0.717) is 0 Å². The summed E-state index contributed by atoms with van der Waals surface area (Å²) in [5.41, 5.74) is 4.18. The van der Waals surface area contributed by atoms with Gasteiger partial charge in [0.25, 0.3) is 0 Å². The molecule has 4 rings (SSSR count). The maximum atomic E-state index is 12.1. The number of benzene rings is 2. The molecule has 0 bridgehead atoms. The van der Waals surface area contributed by atoms with Crippen molar-refractivity contribution >= 4 is 28.2 Å². The number of nitrogens with zero attached hydrogens (tertiary/aromatic N) is 1. The lowest BCUT2D eigenvalue weighted by molar-refractivity contribution is -0.114. The maximum Gasteiger partial charge on any atom is 0.246 e. The molecular formula is C18H15N3O2. The molecule has 0 radical (unpaired) electrons. The molecule has 2 aromatic carbocycles. The lowest BCUT2D eigenvalue weighted by Crippen LogP contribution is -2.13. The van der Waals surface area contributed by atoms with Crippen LogP contribution in [0.3, 0.4) is 0 Å². The van der Waals surface area contributed by atoms with E-state index in [1.54, 1.807) is 7.11 Å². The highest BCUT2D eigenvalue weighted by atomic mass is 16.5. The Bertz CT molecular complexity index is 926. The number of hydrogen-bond acceptors (Lipinski definition) is 3. The highest BCUT2D eigenvalue weighted by Crippen LogP contribution is 2.37. The van der Waals surface area contributed by atoms with Crippen LogP contribution in [-0.2, 0) is 4.79 Å². The number of aliphatic imine (C=N–C) groups is 1. The topological polar surface area (TPSA) is 66.5 Å². The molecule has 0 fully saturated rings. The van der Waals surface area contributed by atoms with Crippen molar-refractivity contribution in [3.8, 4) is 5.75 Å². The minimum Gasteiger partial charge on any atom is -0.496 e. The van der Waals surface area contributed by atoms with E-state index in [9.17, 15) is 4.79 Å². The summed E-state index contributed by atoms with van der Waals surface area (Å²) >= 11 is 0. The van der Waals surface area contributed by atoms with Crippen LogP contribution in [-0.4, -0.2) is 30.3 Å². The third kappa shape index (κ3) is 2.17. The second kappa shape index (κ2) is 5.28. The Hall–Kier alpha value is -3.08. The first-order valence-electron chi connectivity index (χ1n) is 7.36. The van der Waals surface area contributed by atoms with E-state index in [-0.39, 0.29) is 12.5 Å². The zero-order chi connectivity index (χ0) is 15.8. The highest BCUT2D eigenvalue weighted by molar-refractivity contribution is 6.23. The lowest BCUT2D eigenvalue weighted by Gasteiger charge is -2.07. The molecule has 23 heavy (non-hydrogen) atoms. The first kappa shape index (κ1) is 13.6. The molecule has 3 aromatic rings. The van der Waals surface area contributed by atoms with Crippen LogP contribution in [0.25, 0.3) is 10.9 Å². The molecule has 2 heterocycles. The number of H-pyrrole nitrogens is 1. The fourth-order valence-corrected chi connectivity index (χ4v) is 2.93. The first-order valence-corrected chi connectivity index (χ1v) is 7.36. The second-order valence-corrected chi connectivity index (χ2v) is 5.34. The Labute approximate surface area is 133 Å². The van der Waals surface area contributed by atoms with Gasteiger partial charge in [-0.15, -0.1) is 0 Å². The second-order valence-electron chi connectivity index (χ2n) is 5.34. The average molecular weight is 305 g/mol. The molecule has 114 valence electrons. The molecule has 1 aliphatic rings. The Morgan fingerprint density at radius 2 is 1.91 bits per heavy atom. The van der Waals surface area contributed by atoms with Crippen molar-refractivity contribution in [1.82, 2.24) is 4.98 Å². The largest absolute Gasteiger partial charge is 0.496 e. The standard InChI is InChI=1S/C18H15N3O2/c1-23-13-9-5-8-12-15(13)17-18(20-12)16(19-10-14(22)21-17)11-6-3-2-4-7-11/h2-9,20H,10H2,1H3,(H,21,22).